The van der Waals surface area contributed by atoms with Gasteiger partial charge in [0.2, 0.25) is 0 Å². The number of unbranched alkanes of at least 4 members (excludes halogenated alkanes) is 15. The lowest BCUT2D eigenvalue weighted by atomic mass is 10.0. The predicted molar refractivity (Wildman–Crippen MR) is 131 cm³/mol. The molecule has 7 heteroatoms. The van der Waals surface area contributed by atoms with Gasteiger partial charge in [-0.2, -0.15) is 8.42 Å². The number of likely N-dealkylation sites (N-methyl/N-ethyl adjacent to an activating group) is 1. The summed E-state index contributed by atoms with van der Waals surface area (Å²) in [6, 6.07) is 0. The van der Waals surface area contributed by atoms with Gasteiger partial charge in [0.05, 0.1) is 26.9 Å². The van der Waals surface area contributed by atoms with Crippen molar-refractivity contribution in [3.05, 3.63) is 0 Å². The van der Waals surface area contributed by atoms with E-state index in [9.17, 15) is 18.3 Å². The van der Waals surface area contributed by atoms with Crippen molar-refractivity contribution in [3.63, 3.8) is 0 Å². The largest absolute Gasteiger partial charge is 0.550 e. The number of quaternary nitrogens is 1. The van der Waals surface area contributed by atoms with E-state index in [1.54, 1.807) is 0 Å². The maximum atomic E-state index is 12.2. The summed E-state index contributed by atoms with van der Waals surface area (Å²) in [6.45, 7) is 2.56. The third kappa shape index (κ3) is 22.5. The Balaban J connectivity index is 3.70. The SMILES string of the molecule is CCCCCCCCCCCCCCCCCCS(=O)(=O)O[C@H](CC(=O)[O-])C[N+](C)(C)C. The molecule has 0 unspecified atom stereocenters. The van der Waals surface area contributed by atoms with Crippen LogP contribution in [-0.4, -0.2) is 58.4 Å². The zero-order chi connectivity index (χ0) is 24.3. The maximum absolute atomic E-state index is 12.2. The molecular weight excluding hydrogens is 426 g/mol. The number of carboxylic acids is 1. The minimum atomic E-state index is -3.72. The minimum Gasteiger partial charge on any atom is -0.550 e. The zero-order valence-corrected chi connectivity index (χ0v) is 22.2. The van der Waals surface area contributed by atoms with E-state index in [2.05, 4.69) is 6.92 Å². The molecule has 0 spiro atoms. The molecular formula is C25H51NO5S. The van der Waals surface area contributed by atoms with Crippen LogP contribution in [0.4, 0.5) is 0 Å². The fourth-order valence-electron chi connectivity index (χ4n) is 4.01. The fraction of sp³-hybridized carbons (Fsp3) is 0.960. The summed E-state index contributed by atoms with van der Waals surface area (Å²) in [5.41, 5.74) is 0. The molecule has 0 aromatic heterocycles. The molecule has 32 heavy (non-hydrogen) atoms. The standard InChI is InChI=1S/C25H51NO5S/c1-5-6-7-8-9-10-11-12-13-14-15-16-17-18-19-20-21-32(29,30)31-24(22-25(27)28)23-26(2,3)4/h24H,5-23H2,1-4H3/t24-/m1/s1. The number of nitrogens with zero attached hydrogens (tertiary/aromatic N) is 1. The van der Waals surface area contributed by atoms with Crippen molar-refractivity contribution < 1.29 is 27.0 Å². The van der Waals surface area contributed by atoms with E-state index in [4.69, 9.17) is 4.18 Å². The van der Waals surface area contributed by atoms with Crippen LogP contribution < -0.4 is 5.11 Å². The molecule has 0 aromatic carbocycles. The van der Waals surface area contributed by atoms with E-state index in [1.807, 2.05) is 21.1 Å². The number of rotatable bonds is 23. The van der Waals surface area contributed by atoms with Gasteiger partial charge < -0.3 is 14.4 Å². The van der Waals surface area contributed by atoms with E-state index in [0.717, 1.165) is 19.3 Å². The van der Waals surface area contributed by atoms with E-state index in [-0.39, 0.29) is 5.75 Å². The van der Waals surface area contributed by atoms with Gasteiger partial charge in [0.25, 0.3) is 10.1 Å². The first-order chi connectivity index (χ1) is 15.1. The van der Waals surface area contributed by atoms with Crippen molar-refractivity contribution >= 4 is 16.1 Å². The second-order valence-electron chi connectivity index (χ2n) is 10.3. The first kappa shape index (κ1) is 31.3. The van der Waals surface area contributed by atoms with Gasteiger partial charge in [-0.3, -0.25) is 4.18 Å². The second kappa shape index (κ2) is 18.7. The summed E-state index contributed by atoms with van der Waals surface area (Å²) in [6.07, 6.45) is 18.5. The Morgan fingerprint density at radius 2 is 1.12 bits per heavy atom. The number of hydrogen-bond donors (Lipinski definition) is 0. The number of carbonyl (C=O) groups is 1. The van der Waals surface area contributed by atoms with Crippen molar-refractivity contribution in [2.75, 3.05) is 33.4 Å². The predicted octanol–water partition coefficient (Wildman–Crippen LogP) is 4.81. The number of carboxylic acid groups (broad SMARTS) is 1. The Morgan fingerprint density at radius 1 is 0.750 bits per heavy atom. The van der Waals surface area contributed by atoms with Crippen molar-refractivity contribution in [2.45, 2.75) is 122 Å². The van der Waals surface area contributed by atoms with Gasteiger partial charge in [0.1, 0.15) is 12.6 Å². The maximum Gasteiger partial charge on any atom is 0.267 e. The van der Waals surface area contributed by atoms with E-state index < -0.39 is 28.6 Å². The molecule has 1 atom stereocenters. The minimum absolute atomic E-state index is 0.0495. The smallest absolute Gasteiger partial charge is 0.267 e. The molecule has 0 radical (unpaired) electrons. The van der Waals surface area contributed by atoms with Crippen LogP contribution in [0.1, 0.15) is 116 Å². The Labute approximate surface area is 198 Å². The van der Waals surface area contributed by atoms with Crippen LogP contribution in [0.3, 0.4) is 0 Å². The van der Waals surface area contributed by atoms with Gasteiger partial charge >= 0.3 is 0 Å². The molecule has 0 saturated carbocycles. The number of carbonyl (C=O) groups excluding carboxylic acids is 1. The quantitative estimate of drug-likeness (QED) is 0.120. The third-order valence-electron chi connectivity index (χ3n) is 5.68. The summed E-state index contributed by atoms with van der Waals surface area (Å²) in [7, 11) is 1.89. The third-order valence-corrected chi connectivity index (χ3v) is 7.03. The Hall–Kier alpha value is -0.660. The molecule has 0 aromatic rings. The van der Waals surface area contributed by atoms with Crippen LogP contribution in [0, 0.1) is 0 Å². The van der Waals surface area contributed by atoms with Crippen LogP contribution in [-0.2, 0) is 19.1 Å². The molecule has 6 nitrogen and oxygen atoms in total. The number of hydrogen-bond acceptors (Lipinski definition) is 5. The molecule has 0 N–H and O–H groups in total. The van der Waals surface area contributed by atoms with Crippen LogP contribution in [0.5, 0.6) is 0 Å². The number of aliphatic carboxylic acids is 1. The highest BCUT2D eigenvalue weighted by Crippen LogP contribution is 2.15. The topological polar surface area (TPSA) is 83.5 Å². The lowest BCUT2D eigenvalue weighted by Crippen LogP contribution is -2.45. The molecule has 0 aliphatic heterocycles. The highest BCUT2D eigenvalue weighted by atomic mass is 32.2. The van der Waals surface area contributed by atoms with Crippen LogP contribution in [0.2, 0.25) is 0 Å². The van der Waals surface area contributed by atoms with Gasteiger partial charge in [0, 0.05) is 12.4 Å². The molecule has 0 heterocycles. The lowest BCUT2D eigenvalue weighted by molar-refractivity contribution is -0.873. The average Bonchev–Trinajstić information content (AvgIpc) is 2.65. The van der Waals surface area contributed by atoms with Crippen LogP contribution in [0.15, 0.2) is 0 Å². The van der Waals surface area contributed by atoms with Crippen LogP contribution >= 0.6 is 0 Å². The fourth-order valence-corrected chi connectivity index (χ4v) is 5.21. The molecule has 0 amide bonds. The molecule has 0 bridgehead atoms. The van der Waals surface area contributed by atoms with Crippen molar-refractivity contribution in [2.24, 2.45) is 0 Å². The van der Waals surface area contributed by atoms with Crippen LogP contribution in [0.25, 0.3) is 0 Å². The van der Waals surface area contributed by atoms with Crippen molar-refractivity contribution in [3.8, 4) is 0 Å². The molecule has 0 aliphatic rings. The van der Waals surface area contributed by atoms with Crippen molar-refractivity contribution in [1.82, 2.24) is 0 Å². The Bertz CT molecular complexity index is 557. The van der Waals surface area contributed by atoms with Gasteiger partial charge in [-0.1, -0.05) is 103 Å². The summed E-state index contributed by atoms with van der Waals surface area (Å²) in [4.78, 5) is 10.9. The highest BCUT2D eigenvalue weighted by molar-refractivity contribution is 7.86. The highest BCUT2D eigenvalue weighted by Gasteiger charge is 2.25. The van der Waals surface area contributed by atoms with Crippen molar-refractivity contribution in [1.29, 1.82) is 0 Å². The first-order valence-electron chi connectivity index (χ1n) is 13.0. The lowest BCUT2D eigenvalue weighted by Gasteiger charge is -2.29. The Morgan fingerprint density at radius 3 is 1.47 bits per heavy atom. The molecule has 0 rings (SSSR count). The Kier molecular flexibility index (Phi) is 18.3. The molecule has 192 valence electrons. The monoisotopic (exact) mass is 477 g/mol. The summed E-state index contributed by atoms with van der Waals surface area (Å²) < 4.78 is 30.0. The average molecular weight is 478 g/mol. The van der Waals surface area contributed by atoms with E-state index in [1.165, 1.54) is 77.0 Å². The van der Waals surface area contributed by atoms with E-state index >= 15 is 0 Å². The molecule has 0 aliphatic carbocycles. The van der Waals surface area contributed by atoms with E-state index in [0.29, 0.717) is 17.4 Å². The van der Waals surface area contributed by atoms with Gasteiger partial charge in [-0.25, -0.2) is 0 Å². The zero-order valence-electron chi connectivity index (χ0n) is 21.4. The normalized spacial score (nSPS) is 13.4. The van der Waals surface area contributed by atoms with Gasteiger partial charge in [-0.15, -0.1) is 0 Å². The molecule has 0 saturated heterocycles. The summed E-state index contributed by atoms with van der Waals surface area (Å²) in [5, 5.41) is 10.9. The van der Waals surface area contributed by atoms with Gasteiger partial charge in [-0.05, 0) is 6.42 Å². The first-order valence-corrected chi connectivity index (χ1v) is 14.5. The van der Waals surface area contributed by atoms with Gasteiger partial charge in [0.15, 0.2) is 0 Å². The molecule has 0 fully saturated rings. The second-order valence-corrected chi connectivity index (χ2v) is 12.0. The summed E-state index contributed by atoms with van der Waals surface area (Å²) in [5.74, 6) is -1.34. The summed E-state index contributed by atoms with van der Waals surface area (Å²) >= 11 is 0.